The Kier molecular flexibility index (Phi) is 3.42. The molecule has 3 aliphatic rings. The van der Waals surface area contributed by atoms with Gasteiger partial charge in [0.25, 0.3) is 5.91 Å². The number of nitrogens with two attached hydrogens (primary N) is 1. The summed E-state index contributed by atoms with van der Waals surface area (Å²) in [5.41, 5.74) is -0.0925. The van der Waals surface area contributed by atoms with Crippen molar-refractivity contribution >= 4 is 23.4 Å². The van der Waals surface area contributed by atoms with Crippen molar-refractivity contribution in [3.63, 3.8) is 0 Å². The van der Waals surface area contributed by atoms with E-state index in [0.717, 1.165) is 11.3 Å². The first-order valence-electron chi connectivity index (χ1n) is 9.25. The molecular weight excluding hydrogens is 330 g/mol. The maximum absolute atomic E-state index is 13.4. The lowest BCUT2D eigenvalue weighted by Gasteiger charge is -2.33. The number of nitrogens with one attached hydrogen (secondary N) is 1. The summed E-state index contributed by atoms with van der Waals surface area (Å²) >= 11 is 0. The smallest absolute Gasteiger partial charge is 0.291 e. The van der Waals surface area contributed by atoms with Crippen LogP contribution in [0.3, 0.4) is 0 Å². The van der Waals surface area contributed by atoms with Gasteiger partial charge in [0.15, 0.2) is 0 Å². The van der Waals surface area contributed by atoms with Crippen LogP contribution < -0.4 is 10.6 Å². The first-order valence-corrected chi connectivity index (χ1v) is 9.25. The summed E-state index contributed by atoms with van der Waals surface area (Å²) in [7, 11) is 0. The highest BCUT2D eigenvalue weighted by molar-refractivity contribution is 6.14. The second-order valence-electron chi connectivity index (χ2n) is 9.04. The average Bonchev–Trinajstić information content (AvgIpc) is 3.12. The molecule has 0 saturated carbocycles. The summed E-state index contributed by atoms with van der Waals surface area (Å²) in [6.45, 7) is 9.70. The molecule has 138 valence electrons. The van der Waals surface area contributed by atoms with Gasteiger partial charge in [-0.15, -0.1) is 0 Å². The van der Waals surface area contributed by atoms with Crippen LogP contribution in [0, 0.1) is 17.8 Å². The molecule has 1 spiro atoms. The second kappa shape index (κ2) is 5.16. The number of benzene rings is 1. The lowest BCUT2D eigenvalue weighted by Crippen LogP contribution is -2.99. The monoisotopic (exact) mass is 356 g/mol. The average molecular weight is 356 g/mol. The van der Waals surface area contributed by atoms with Crippen molar-refractivity contribution in [1.82, 2.24) is 4.90 Å². The molecule has 0 radical (unpaired) electrons. The van der Waals surface area contributed by atoms with Gasteiger partial charge in [-0.05, 0) is 26.8 Å². The van der Waals surface area contributed by atoms with E-state index in [0.29, 0.717) is 0 Å². The standard InChI is InChI=1S/C20H25N3O3/c1-10(2)15-13-14(17(25)23(16(13)24)19(3,4)5)20(22-15)11-8-6-7-9-12(11)21-18(20)26/h6-10,13-15,22H,1-5H3,(H,21,26)/p+1/t13-,14-,15-,20-/m0/s1. The number of anilines is 1. The van der Waals surface area contributed by atoms with Crippen molar-refractivity contribution in [3.05, 3.63) is 29.8 Å². The number of hydrogen-bond donors (Lipinski definition) is 2. The Morgan fingerprint density at radius 1 is 1.12 bits per heavy atom. The van der Waals surface area contributed by atoms with Gasteiger partial charge in [0, 0.05) is 17.0 Å². The molecule has 0 aromatic heterocycles. The maximum Gasteiger partial charge on any atom is 0.291 e. The van der Waals surface area contributed by atoms with E-state index in [9.17, 15) is 14.4 Å². The lowest BCUT2D eigenvalue weighted by atomic mass is 9.76. The molecule has 1 aromatic carbocycles. The van der Waals surface area contributed by atoms with Gasteiger partial charge in [-0.1, -0.05) is 32.0 Å². The van der Waals surface area contributed by atoms with Crippen LogP contribution >= 0.6 is 0 Å². The van der Waals surface area contributed by atoms with Gasteiger partial charge in [0.05, 0.1) is 5.69 Å². The molecule has 0 bridgehead atoms. The fourth-order valence-electron chi connectivity index (χ4n) is 5.11. The summed E-state index contributed by atoms with van der Waals surface area (Å²) in [4.78, 5) is 41.2. The van der Waals surface area contributed by atoms with Crippen LogP contribution in [0.1, 0.15) is 40.2 Å². The Morgan fingerprint density at radius 2 is 1.77 bits per heavy atom. The summed E-state index contributed by atoms with van der Waals surface area (Å²) in [5.74, 6) is -1.52. The van der Waals surface area contributed by atoms with Crippen LogP contribution in [-0.4, -0.2) is 34.2 Å². The fraction of sp³-hybridized carbons (Fsp3) is 0.550. The number of fused-ring (bicyclic) bond motifs is 4. The Hall–Kier alpha value is -2.21. The third-order valence-corrected chi connectivity index (χ3v) is 6.15. The molecule has 3 aliphatic heterocycles. The summed E-state index contributed by atoms with van der Waals surface area (Å²) < 4.78 is 0. The first kappa shape index (κ1) is 17.2. The highest BCUT2D eigenvalue weighted by atomic mass is 16.2. The topological polar surface area (TPSA) is 83.1 Å². The number of hydrogen-bond acceptors (Lipinski definition) is 3. The van der Waals surface area contributed by atoms with E-state index in [1.807, 2.05) is 64.2 Å². The zero-order valence-corrected chi connectivity index (χ0v) is 15.9. The largest absolute Gasteiger partial charge is 0.326 e. The van der Waals surface area contributed by atoms with Crippen molar-refractivity contribution in [2.45, 2.75) is 51.7 Å². The normalized spacial score (nSPS) is 33.2. The van der Waals surface area contributed by atoms with E-state index >= 15 is 0 Å². The quantitative estimate of drug-likeness (QED) is 0.732. The molecule has 4 atom stereocenters. The van der Waals surface area contributed by atoms with E-state index < -0.39 is 22.9 Å². The minimum atomic E-state index is -1.05. The minimum absolute atomic E-state index is 0.110. The van der Waals surface area contributed by atoms with Crippen LogP contribution in [0.4, 0.5) is 5.69 Å². The second-order valence-corrected chi connectivity index (χ2v) is 9.04. The molecule has 1 aromatic rings. The molecule has 2 saturated heterocycles. The van der Waals surface area contributed by atoms with Crippen molar-refractivity contribution in [2.75, 3.05) is 5.32 Å². The molecular formula is C20H26N3O3+. The molecule has 3 amide bonds. The first-order chi connectivity index (χ1) is 12.1. The van der Waals surface area contributed by atoms with E-state index in [4.69, 9.17) is 0 Å². The third kappa shape index (κ3) is 1.93. The SMILES string of the molecule is CC(C)[C@@H]1[NH2+][C@]2(C(=O)Nc3ccccc32)[C@@H]2C(=O)N(C(C)(C)C)C(=O)[C@@H]21. The van der Waals surface area contributed by atoms with Crippen molar-refractivity contribution in [1.29, 1.82) is 0 Å². The number of para-hydroxylation sites is 1. The highest BCUT2D eigenvalue weighted by Gasteiger charge is 2.75. The number of likely N-dealkylation sites (tertiary alicyclic amines) is 1. The van der Waals surface area contributed by atoms with Gasteiger partial charge in [0.1, 0.15) is 17.9 Å². The number of amides is 3. The predicted molar refractivity (Wildman–Crippen MR) is 95.9 cm³/mol. The highest BCUT2D eigenvalue weighted by Crippen LogP contribution is 2.50. The molecule has 3 N–H and O–H groups in total. The van der Waals surface area contributed by atoms with E-state index in [-0.39, 0.29) is 29.7 Å². The van der Waals surface area contributed by atoms with Gasteiger partial charge in [-0.2, -0.15) is 0 Å². The van der Waals surface area contributed by atoms with Crippen LogP contribution in [0.2, 0.25) is 0 Å². The van der Waals surface area contributed by atoms with E-state index in [1.165, 1.54) is 4.90 Å². The molecule has 0 unspecified atom stereocenters. The van der Waals surface area contributed by atoms with Crippen LogP contribution in [0.5, 0.6) is 0 Å². The molecule has 3 heterocycles. The van der Waals surface area contributed by atoms with Crippen molar-refractivity contribution < 1.29 is 19.7 Å². The fourth-order valence-corrected chi connectivity index (χ4v) is 5.11. The van der Waals surface area contributed by atoms with Gasteiger partial charge >= 0.3 is 0 Å². The van der Waals surface area contributed by atoms with Gasteiger partial charge in [-0.25, -0.2) is 0 Å². The Labute approximate surface area is 153 Å². The zero-order valence-electron chi connectivity index (χ0n) is 15.9. The number of imide groups is 1. The van der Waals surface area contributed by atoms with Crippen LogP contribution in [-0.2, 0) is 19.9 Å². The Bertz CT molecular complexity index is 826. The zero-order chi connectivity index (χ0) is 19.0. The number of quaternary nitrogens is 1. The number of carbonyl (C=O) groups excluding carboxylic acids is 3. The lowest BCUT2D eigenvalue weighted by molar-refractivity contribution is -0.738. The number of rotatable bonds is 1. The summed E-state index contributed by atoms with van der Waals surface area (Å²) in [5, 5.41) is 4.93. The Morgan fingerprint density at radius 3 is 2.38 bits per heavy atom. The van der Waals surface area contributed by atoms with Gasteiger partial charge in [0.2, 0.25) is 17.4 Å². The molecule has 0 aliphatic carbocycles. The molecule has 6 nitrogen and oxygen atoms in total. The Balaban J connectivity index is 1.93. The molecule has 6 heteroatoms. The number of nitrogens with zero attached hydrogens (tertiary/aromatic N) is 1. The minimum Gasteiger partial charge on any atom is -0.326 e. The van der Waals surface area contributed by atoms with Crippen LogP contribution in [0.15, 0.2) is 24.3 Å². The summed E-state index contributed by atoms with van der Waals surface area (Å²) in [6, 6.07) is 7.40. The van der Waals surface area contributed by atoms with Crippen LogP contribution in [0.25, 0.3) is 0 Å². The van der Waals surface area contributed by atoms with E-state index in [1.54, 1.807) is 0 Å². The third-order valence-electron chi connectivity index (χ3n) is 6.15. The summed E-state index contributed by atoms with van der Waals surface area (Å²) in [6.07, 6.45) is 0. The van der Waals surface area contributed by atoms with Gasteiger partial charge < -0.3 is 10.6 Å². The molecule has 4 rings (SSSR count). The van der Waals surface area contributed by atoms with Crippen molar-refractivity contribution in [2.24, 2.45) is 17.8 Å². The van der Waals surface area contributed by atoms with Crippen molar-refractivity contribution in [3.8, 4) is 0 Å². The van der Waals surface area contributed by atoms with Gasteiger partial charge in [-0.3, -0.25) is 19.3 Å². The molecule has 26 heavy (non-hydrogen) atoms. The predicted octanol–water partition coefficient (Wildman–Crippen LogP) is 0.835. The van der Waals surface area contributed by atoms with E-state index in [2.05, 4.69) is 5.32 Å². The number of carbonyl (C=O) groups is 3. The maximum atomic E-state index is 13.4. The molecule has 2 fully saturated rings.